The van der Waals surface area contributed by atoms with Gasteiger partial charge in [-0.1, -0.05) is 30.3 Å². The van der Waals surface area contributed by atoms with E-state index in [-0.39, 0.29) is 29.4 Å². The molecule has 1 unspecified atom stereocenters. The number of carbonyl (C=O) groups is 1. The molecule has 1 heterocycles. The van der Waals surface area contributed by atoms with Crippen molar-refractivity contribution in [1.29, 1.82) is 0 Å². The van der Waals surface area contributed by atoms with Gasteiger partial charge in [0.1, 0.15) is 15.8 Å². The molecule has 0 radical (unpaired) electrons. The number of amides is 1. The Morgan fingerprint density at radius 2 is 1.72 bits per heavy atom. The van der Waals surface area contributed by atoms with Crippen molar-refractivity contribution in [1.82, 2.24) is 10.3 Å². The highest BCUT2D eigenvalue weighted by Gasteiger charge is 2.52. The van der Waals surface area contributed by atoms with E-state index in [1.54, 1.807) is 50.2 Å². The molecule has 2 saturated carbocycles. The van der Waals surface area contributed by atoms with E-state index in [2.05, 4.69) is 15.6 Å². The van der Waals surface area contributed by atoms with Gasteiger partial charge < -0.3 is 15.4 Å². The minimum absolute atomic E-state index is 0.101. The van der Waals surface area contributed by atoms with Crippen LogP contribution in [0.5, 0.6) is 5.75 Å². The van der Waals surface area contributed by atoms with Gasteiger partial charge in [0.2, 0.25) is 0 Å². The Hall–Kier alpha value is -2.71. The predicted molar refractivity (Wildman–Crippen MR) is 147 cm³/mol. The van der Waals surface area contributed by atoms with Crippen molar-refractivity contribution in [3.05, 3.63) is 65.9 Å². The van der Waals surface area contributed by atoms with E-state index in [9.17, 15) is 18.0 Å². The molecular weight excluding hydrogens is 550 g/mol. The maximum Gasteiger partial charge on any atom is 0.433 e. The van der Waals surface area contributed by atoms with E-state index < -0.39 is 21.8 Å². The summed E-state index contributed by atoms with van der Waals surface area (Å²) in [6.07, 6.45) is -0.879. The second kappa shape index (κ2) is 10.4. The van der Waals surface area contributed by atoms with Gasteiger partial charge in [-0.3, -0.25) is 4.79 Å². The number of hydrogen-bond acceptors (Lipinski definition) is 4. The van der Waals surface area contributed by atoms with Crippen LogP contribution < -0.4 is 15.4 Å². The molecule has 1 amide bonds. The highest BCUT2D eigenvalue weighted by molar-refractivity contribution is 6.51. The van der Waals surface area contributed by atoms with Crippen molar-refractivity contribution in [3.63, 3.8) is 0 Å². The lowest BCUT2D eigenvalue weighted by Crippen LogP contribution is -2.51. The highest BCUT2D eigenvalue weighted by Crippen LogP contribution is 2.59. The zero-order chi connectivity index (χ0) is 28.0. The highest BCUT2D eigenvalue weighted by atomic mass is 35.5. The van der Waals surface area contributed by atoms with Gasteiger partial charge in [0, 0.05) is 29.1 Å². The quantitative estimate of drug-likeness (QED) is 0.283. The summed E-state index contributed by atoms with van der Waals surface area (Å²) in [5.41, 5.74) is -0.363. The summed E-state index contributed by atoms with van der Waals surface area (Å²) >= 11 is 12.3. The van der Waals surface area contributed by atoms with Crippen LogP contribution in [0.15, 0.2) is 54.6 Å². The summed E-state index contributed by atoms with van der Waals surface area (Å²) in [7, 11) is 0. The van der Waals surface area contributed by atoms with Gasteiger partial charge in [0.25, 0.3) is 5.91 Å². The van der Waals surface area contributed by atoms with E-state index in [1.165, 1.54) is 0 Å². The van der Waals surface area contributed by atoms with E-state index >= 15 is 0 Å². The molecule has 2 aliphatic carbocycles. The molecule has 0 aliphatic heterocycles. The Morgan fingerprint density at radius 1 is 1.05 bits per heavy atom. The fourth-order valence-electron chi connectivity index (χ4n) is 5.16. The second-order valence-corrected chi connectivity index (χ2v) is 12.5. The van der Waals surface area contributed by atoms with Gasteiger partial charge in [0.05, 0.1) is 5.52 Å². The first-order valence-corrected chi connectivity index (χ1v) is 13.8. The Kier molecular flexibility index (Phi) is 7.40. The number of alkyl halides is 5. The van der Waals surface area contributed by atoms with Gasteiger partial charge in [-0.25, -0.2) is 4.98 Å². The predicted octanol–water partition coefficient (Wildman–Crippen LogP) is 7.61. The first-order valence-electron chi connectivity index (χ1n) is 13.0. The largest absolute Gasteiger partial charge is 0.478 e. The summed E-state index contributed by atoms with van der Waals surface area (Å²) in [6.45, 7) is 3.42. The minimum Gasteiger partial charge on any atom is -0.478 e. The van der Waals surface area contributed by atoms with Crippen LogP contribution in [-0.4, -0.2) is 32.9 Å². The van der Waals surface area contributed by atoms with E-state index in [0.29, 0.717) is 29.7 Å². The molecule has 5 nitrogen and oxygen atoms in total. The number of nitrogens with one attached hydrogen (secondary N) is 2. The van der Waals surface area contributed by atoms with E-state index in [4.69, 9.17) is 27.9 Å². The van der Waals surface area contributed by atoms with Crippen molar-refractivity contribution < 1.29 is 22.7 Å². The summed E-state index contributed by atoms with van der Waals surface area (Å²) in [6, 6.07) is 15.0. The van der Waals surface area contributed by atoms with Crippen molar-refractivity contribution in [3.8, 4) is 5.75 Å². The summed E-state index contributed by atoms with van der Waals surface area (Å²) in [5, 5.41) is 7.02. The van der Waals surface area contributed by atoms with Crippen molar-refractivity contribution in [2.45, 2.75) is 80.1 Å². The Labute approximate surface area is 235 Å². The number of para-hydroxylation sites is 1. The summed E-state index contributed by atoms with van der Waals surface area (Å²) < 4.78 is 45.7. The molecule has 0 saturated heterocycles. The lowest BCUT2D eigenvalue weighted by molar-refractivity contribution is -0.141. The fourth-order valence-corrected chi connectivity index (χ4v) is 5.72. The van der Waals surface area contributed by atoms with Crippen molar-refractivity contribution in [2.24, 2.45) is 0 Å². The van der Waals surface area contributed by atoms with Crippen LogP contribution in [0, 0.1) is 0 Å². The Balaban J connectivity index is 1.22. The number of ether oxygens (including phenoxy) is 1. The molecule has 0 bridgehead atoms. The van der Waals surface area contributed by atoms with Crippen LogP contribution in [-0.2, 0) is 11.0 Å². The molecule has 3 atom stereocenters. The fraction of sp³-hybridized carbons (Fsp3) is 0.448. The zero-order valence-corrected chi connectivity index (χ0v) is 23.1. The van der Waals surface area contributed by atoms with Crippen LogP contribution in [0.4, 0.5) is 18.9 Å². The van der Waals surface area contributed by atoms with Crippen LogP contribution in [0.3, 0.4) is 0 Å². The van der Waals surface area contributed by atoms with Gasteiger partial charge in [-0.2, -0.15) is 13.2 Å². The van der Waals surface area contributed by atoms with E-state index in [1.807, 2.05) is 12.1 Å². The smallest absolute Gasteiger partial charge is 0.433 e. The SMILES string of the molecule is CC(C)(Oc1ccc(C2CC2(Cl)Cl)cc1)C(=O)N[C@@H]1CCC[C@H](Nc2cc(C(F)(F)F)nc3ccccc23)C1. The Bertz CT molecular complexity index is 1360. The third kappa shape index (κ3) is 6.38. The molecule has 2 N–H and O–H groups in total. The number of hydrogen-bond donors (Lipinski definition) is 2. The number of anilines is 1. The monoisotopic (exact) mass is 579 g/mol. The average molecular weight is 580 g/mol. The van der Waals surface area contributed by atoms with Gasteiger partial charge in [0.15, 0.2) is 5.60 Å². The van der Waals surface area contributed by atoms with E-state index in [0.717, 1.165) is 30.9 Å². The molecule has 3 aromatic rings. The lowest BCUT2D eigenvalue weighted by Gasteiger charge is -2.34. The Morgan fingerprint density at radius 3 is 2.38 bits per heavy atom. The molecule has 39 heavy (non-hydrogen) atoms. The molecule has 5 rings (SSSR count). The molecule has 2 fully saturated rings. The maximum absolute atomic E-state index is 13.5. The van der Waals surface area contributed by atoms with Gasteiger partial charge >= 0.3 is 6.18 Å². The maximum atomic E-state index is 13.5. The van der Waals surface area contributed by atoms with Crippen LogP contribution >= 0.6 is 23.2 Å². The molecule has 2 aromatic carbocycles. The third-order valence-corrected chi connectivity index (χ3v) is 8.24. The topological polar surface area (TPSA) is 63.2 Å². The van der Waals surface area contributed by atoms with Gasteiger partial charge in [-0.15, -0.1) is 23.2 Å². The van der Waals surface area contributed by atoms with Crippen LogP contribution in [0.25, 0.3) is 10.9 Å². The first-order chi connectivity index (χ1) is 18.3. The van der Waals surface area contributed by atoms with Crippen molar-refractivity contribution in [2.75, 3.05) is 5.32 Å². The molecule has 0 spiro atoms. The summed E-state index contributed by atoms with van der Waals surface area (Å²) in [5.74, 6) is 0.403. The van der Waals surface area contributed by atoms with Crippen LogP contribution in [0.2, 0.25) is 0 Å². The number of fused-ring (bicyclic) bond motifs is 1. The minimum atomic E-state index is -4.55. The number of halogens is 5. The third-order valence-electron chi connectivity index (χ3n) is 7.40. The lowest BCUT2D eigenvalue weighted by atomic mass is 9.90. The number of pyridine rings is 1. The number of nitrogens with zero attached hydrogens (tertiary/aromatic N) is 1. The number of benzene rings is 2. The number of rotatable bonds is 7. The zero-order valence-electron chi connectivity index (χ0n) is 21.6. The molecular formula is C29H30Cl2F3N3O2. The van der Waals surface area contributed by atoms with Crippen LogP contribution in [0.1, 0.15) is 63.1 Å². The average Bonchev–Trinajstić information content (AvgIpc) is 3.51. The molecule has 2 aliphatic rings. The second-order valence-electron chi connectivity index (χ2n) is 10.9. The molecule has 10 heteroatoms. The van der Waals surface area contributed by atoms with Gasteiger partial charge in [-0.05, 0) is 75.8 Å². The number of carbonyl (C=O) groups excluding carboxylic acids is 1. The first kappa shape index (κ1) is 27.8. The molecule has 208 valence electrons. The normalized spacial score (nSPS) is 22.8. The summed E-state index contributed by atoms with van der Waals surface area (Å²) in [4.78, 5) is 17.0. The number of aromatic nitrogens is 1. The van der Waals surface area contributed by atoms with Crippen molar-refractivity contribution >= 4 is 45.7 Å². The standard InChI is InChI=1S/C29H30Cl2F3N3O2/c1-27(2,39-20-12-10-17(11-13-20)22-16-28(22,30)31)26(38)36-19-7-5-6-18(14-19)35-24-15-25(29(32,33)34)37-23-9-4-3-8-21(23)24/h3-4,8-13,15,18-19,22H,5-7,14,16H2,1-2H3,(H,35,37)(H,36,38)/t18-,19+,22?/m0/s1. The molecule has 1 aromatic heterocycles.